The van der Waals surface area contributed by atoms with Crippen LogP contribution in [-0.4, -0.2) is 20.7 Å². The highest BCUT2D eigenvalue weighted by Gasteiger charge is 2.28. The minimum atomic E-state index is -0.650. The van der Waals surface area contributed by atoms with Gasteiger partial charge >= 0.3 is 5.97 Å². The maximum Gasteiger partial charge on any atom is 0.338 e. The normalized spacial score (nSPS) is 14.2. The highest BCUT2D eigenvalue weighted by Crippen LogP contribution is 2.36. The molecule has 21 heavy (non-hydrogen) atoms. The summed E-state index contributed by atoms with van der Waals surface area (Å²) in [4.78, 5) is 11.9. The fourth-order valence-corrected chi connectivity index (χ4v) is 2.27. The Balaban J connectivity index is 1.70. The van der Waals surface area contributed by atoms with Crippen LogP contribution in [-0.2, 0) is 11.3 Å². The van der Waals surface area contributed by atoms with Crippen LogP contribution in [0, 0.1) is 12.7 Å². The van der Waals surface area contributed by atoms with Crippen LogP contribution in [0.1, 0.15) is 40.9 Å². The molecule has 0 aliphatic heterocycles. The standard InChI is InChI=1S/C14H13ClFN3O2/c1-8-17-18-13(19(8)10-3-4-10)7-21-14(20)9-2-5-11(15)12(16)6-9/h2,5-6,10H,3-4,7H2,1H3. The minimum Gasteiger partial charge on any atom is -0.454 e. The number of esters is 1. The SMILES string of the molecule is Cc1nnc(COC(=O)c2ccc(Cl)c(F)c2)n1C1CC1. The van der Waals surface area contributed by atoms with Crippen LogP contribution in [0.15, 0.2) is 18.2 Å². The summed E-state index contributed by atoms with van der Waals surface area (Å²) < 4.78 is 20.5. The number of halogens is 2. The van der Waals surface area contributed by atoms with E-state index in [0.717, 1.165) is 24.7 Å². The van der Waals surface area contributed by atoms with Crippen molar-refractivity contribution in [1.82, 2.24) is 14.8 Å². The zero-order valence-corrected chi connectivity index (χ0v) is 12.1. The molecule has 1 aromatic heterocycles. The van der Waals surface area contributed by atoms with Gasteiger partial charge in [0.2, 0.25) is 0 Å². The number of aromatic nitrogens is 3. The summed E-state index contributed by atoms with van der Waals surface area (Å²) in [6.45, 7) is 1.88. The predicted octanol–water partition coefficient (Wildman–Crippen LogP) is 3.07. The molecule has 0 saturated heterocycles. The van der Waals surface area contributed by atoms with E-state index in [0.29, 0.717) is 11.9 Å². The lowest BCUT2D eigenvalue weighted by atomic mass is 10.2. The first kappa shape index (κ1) is 14.0. The van der Waals surface area contributed by atoms with Gasteiger partial charge in [-0.15, -0.1) is 10.2 Å². The molecule has 0 spiro atoms. The van der Waals surface area contributed by atoms with Gasteiger partial charge in [-0.05, 0) is 38.0 Å². The lowest BCUT2D eigenvalue weighted by Crippen LogP contribution is -2.10. The summed E-state index contributed by atoms with van der Waals surface area (Å²) in [5.41, 5.74) is 0.117. The van der Waals surface area contributed by atoms with E-state index in [1.165, 1.54) is 12.1 Å². The summed E-state index contributed by atoms with van der Waals surface area (Å²) in [6.07, 6.45) is 2.17. The van der Waals surface area contributed by atoms with Crippen LogP contribution in [0.2, 0.25) is 5.02 Å². The third kappa shape index (κ3) is 2.90. The number of hydrogen-bond donors (Lipinski definition) is 0. The van der Waals surface area contributed by atoms with Crippen LogP contribution in [0.3, 0.4) is 0 Å². The molecular formula is C14H13ClFN3O2. The predicted molar refractivity (Wildman–Crippen MR) is 73.6 cm³/mol. The van der Waals surface area contributed by atoms with E-state index in [4.69, 9.17) is 16.3 Å². The second-order valence-electron chi connectivity index (χ2n) is 4.97. The van der Waals surface area contributed by atoms with Gasteiger partial charge in [0, 0.05) is 6.04 Å². The molecule has 3 rings (SSSR count). The van der Waals surface area contributed by atoms with Crippen molar-refractivity contribution in [2.45, 2.75) is 32.4 Å². The number of carbonyl (C=O) groups excluding carboxylic acids is 1. The van der Waals surface area contributed by atoms with Gasteiger partial charge in [-0.25, -0.2) is 9.18 Å². The number of rotatable bonds is 4. The molecule has 1 fully saturated rings. The molecule has 110 valence electrons. The molecule has 0 amide bonds. The first-order valence-electron chi connectivity index (χ1n) is 6.59. The lowest BCUT2D eigenvalue weighted by Gasteiger charge is -2.08. The molecule has 7 heteroatoms. The quantitative estimate of drug-likeness (QED) is 0.814. The Morgan fingerprint density at radius 2 is 2.24 bits per heavy atom. The molecule has 0 N–H and O–H groups in total. The second kappa shape index (κ2) is 5.44. The second-order valence-corrected chi connectivity index (χ2v) is 5.38. The highest BCUT2D eigenvalue weighted by atomic mass is 35.5. The van der Waals surface area contributed by atoms with Gasteiger partial charge in [-0.1, -0.05) is 11.6 Å². The summed E-state index contributed by atoms with van der Waals surface area (Å²) in [6, 6.07) is 4.21. The smallest absolute Gasteiger partial charge is 0.338 e. The molecule has 0 unspecified atom stereocenters. The van der Waals surface area contributed by atoms with Crippen LogP contribution >= 0.6 is 11.6 Å². The lowest BCUT2D eigenvalue weighted by molar-refractivity contribution is 0.0456. The maximum atomic E-state index is 13.3. The van der Waals surface area contributed by atoms with Crippen LogP contribution in [0.5, 0.6) is 0 Å². The molecule has 0 atom stereocenters. The summed E-state index contributed by atoms with van der Waals surface area (Å²) in [7, 11) is 0. The number of benzene rings is 1. The van der Waals surface area contributed by atoms with Gasteiger partial charge in [-0.2, -0.15) is 0 Å². The Morgan fingerprint density at radius 3 is 2.90 bits per heavy atom. The van der Waals surface area contributed by atoms with E-state index < -0.39 is 11.8 Å². The average Bonchev–Trinajstić information content (AvgIpc) is 3.23. The van der Waals surface area contributed by atoms with Crippen molar-refractivity contribution in [1.29, 1.82) is 0 Å². The molecule has 1 saturated carbocycles. The van der Waals surface area contributed by atoms with E-state index in [1.54, 1.807) is 0 Å². The maximum absolute atomic E-state index is 13.3. The fourth-order valence-electron chi connectivity index (χ4n) is 2.16. The average molecular weight is 310 g/mol. The van der Waals surface area contributed by atoms with Gasteiger partial charge in [0.25, 0.3) is 0 Å². The molecule has 5 nitrogen and oxygen atoms in total. The Hall–Kier alpha value is -1.95. The van der Waals surface area contributed by atoms with Crippen molar-refractivity contribution in [3.05, 3.63) is 46.3 Å². The number of aryl methyl sites for hydroxylation is 1. The monoisotopic (exact) mass is 309 g/mol. The molecule has 1 aromatic carbocycles. The Kier molecular flexibility index (Phi) is 3.63. The van der Waals surface area contributed by atoms with Gasteiger partial charge in [0.1, 0.15) is 11.6 Å². The van der Waals surface area contributed by atoms with Crippen molar-refractivity contribution in [3.63, 3.8) is 0 Å². The van der Waals surface area contributed by atoms with Gasteiger partial charge in [-0.3, -0.25) is 0 Å². The number of ether oxygens (including phenoxy) is 1. The fraction of sp³-hybridized carbons (Fsp3) is 0.357. The first-order valence-corrected chi connectivity index (χ1v) is 6.96. The van der Waals surface area contributed by atoms with Gasteiger partial charge in [0.15, 0.2) is 12.4 Å². The number of carbonyl (C=O) groups is 1. The van der Waals surface area contributed by atoms with Gasteiger partial charge < -0.3 is 9.30 Å². The zero-order chi connectivity index (χ0) is 15.0. The van der Waals surface area contributed by atoms with Crippen molar-refractivity contribution in [3.8, 4) is 0 Å². The molecular weight excluding hydrogens is 297 g/mol. The number of nitrogens with zero attached hydrogens (tertiary/aromatic N) is 3. The summed E-state index contributed by atoms with van der Waals surface area (Å²) in [5.74, 6) is 0.149. The first-order chi connectivity index (χ1) is 10.1. The van der Waals surface area contributed by atoms with Crippen LogP contribution in [0.25, 0.3) is 0 Å². The molecule has 0 radical (unpaired) electrons. The molecule has 1 heterocycles. The topological polar surface area (TPSA) is 57.0 Å². The van der Waals surface area contributed by atoms with Crippen molar-refractivity contribution < 1.29 is 13.9 Å². The molecule has 1 aliphatic carbocycles. The third-order valence-corrected chi connectivity index (χ3v) is 3.64. The van der Waals surface area contributed by atoms with Crippen LogP contribution in [0.4, 0.5) is 4.39 Å². The Labute approximate surface area is 125 Å². The number of hydrogen-bond acceptors (Lipinski definition) is 4. The van der Waals surface area contributed by atoms with E-state index in [2.05, 4.69) is 10.2 Å². The van der Waals surface area contributed by atoms with Crippen molar-refractivity contribution in [2.24, 2.45) is 0 Å². The minimum absolute atomic E-state index is 0.0143. The summed E-state index contributed by atoms with van der Waals surface area (Å²) >= 11 is 5.57. The molecule has 2 aromatic rings. The molecule has 1 aliphatic rings. The van der Waals surface area contributed by atoms with Crippen LogP contribution < -0.4 is 0 Å². The largest absolute Gasteiger partial charge is 0.454 e. The third-order valence-electron chi connectivity index (χ3n) is 3.34. The van der Waals surface area contributed by atoms with Crippen molar-refractivity contribution in [2.75, 3.05) is 0 Å². The van der Waals surface area contributed by atoms with E-state index in [9.17, 15) is 9.18 Å². The summed E-state index contributed by atoms with van der Waals surface area (Å²) in [5, 5.41) is 7.98. The highest BCUT2D eigenvalue weighted by molar-refractivity contribution is 6.30. The Bertz CT molecular complexity index is 698. The zero-order valence-electron chi connectivity index (χ0n) is 11.3. The Morgan fingerprint density at radius 1 is 1.48 bits per heavy atom. The van der Waals surface area contributed by atoms with E-state index in [1.807, 2.05) is 11.5 Å². The van der Waals surface area contributed by atoms with Crippen molar-refractivity contribution >= 4 is 17.6 Å². The van der Waals surface area contributed by atoms with E-state index >= 15 is 0 Å². The van der Waals surface area contributed by atoms with E-state index in [-0.39, 0.29) is 17.2 Å². The molecule has 0 bridgehead atoms. The van der Waals surface area contributed by atoms with Gasteiger partial charge in [0.05, 0.1) is 10.6 Å².